The van der Waals surface area contributed by atoms with Gasteiger partial charge in [0.05, 0.1) is 10.5 Å². The molecular formula is C28H30FN3O4S. The third-order valence-corrected chi connectivity index (χ3v) is 9.33. The summed E-state index contributed by atoms with van der Waals surface area (Å²) in [6, 6.07) is 14.2. The van der Waals surface area contributed by atoms with Crippen LogP contribution in [0.4, 0.5) is 10.1 Å². The number of amides is 1. The van der Waals surface area contributed by atoms with Gasteiger partial charge in [0.25, 0.3) is 11.5 Å². The number of aryl methyl sites for hydroxylation is 2. The molecule has 1 aromatic heterocycles. The van der Waals surface area contributed by atoms with Crippen molar-refractivity contribution in [3.8, 4) is 0 Å². The molecule has 0 radical (unpaired) electrons. The van der Waals surface area contributed by atoms with E-state index in [4.69, 9.17) is 0 Å². The predicted molar refractivity (Wildman–Crippen MR) is 140 cm³/mol. The number of para-hydroxylation sites is 1. The molecule has 7 nitrogen and oxygen atoms in total. The Balaban J connectivity index is 1.44. The smallest absolute Gasteiger partial charge is 0.258 e. The highest BCUT2D eigenvalue weighted by atomic mass is 32.2. The molecule has 2 bridgehead atoms. The van der Waals surface area contributed by atoms with Gasteiger partial charge in [-0.05, 0) is 60.6 Å². The number of rotatable bonds is 6. The Morgan fingerprint density at radius 3 is 2.41 bits per heavy atom. The fourth-order valence-corrected chi connectivity index (χ4v) is 7.21. The van der Waals surface area contributed by atoms with Gasteiger partial charge in [0.1, 0.15) is 5.82 Å². The summed E-state index contributed by atoms with van der Waals surface area (Å²) in [5.41, 5.74) is 2.94. The molecule has 0 spiro atoms. The number of hydrogen-bond donors (Lipinski definition) is 1. The Hall–Kier alpha value is -3.30. The number of piperidine rings is 1. The van der Waals surface area contributed by atoms with Crippen molar-refractivity contribution in [2.24, 2.45) is 5.92 Å². The van der Waals surface area contributed by atoms with Crippen LogP contribution in [0.5, 0.6) is 0 Å². The zero-order chi connectivity index (χ0) is 26.3. The Morgan fingerprint density at radius 2 is 1.70 bits per heavy atom. The summed E-state index contributed by atoms with van der Waals surface area (Å²) in [6.45, 7) is 4.90. The number of nitrogens with zero attached hydrogens (tertiary/aromatic N) is 2. The molecule has 2 unspecified atom stereocenters. The first-order chi connectivity index (χ1) is 17.7. The molecule has 1 fully saturated rings. The van der Waals surface area contributed by atoms with Crippen LogP contribution in [0.15, 0.2) is 64.3 Å². The normalized spacial score (nSPS) is 19.3. The second-order valence-electron chi connectivity index (χ2n) is 9.77. The topological polar surface area (TPSA) is 88.5 Å². The molecule has 37 heavy (non-hydrogen) atoms. The van der Waals surface area contributed by atoms with E-state index >= 15 is 0 Å². The van der Waals surface area contributed by atoms with Crippen LogP contribution in [0.2, 0.25) is 0 Å². The minimum atomic E-state index is -3.99. The van der Waals surface area contributed by atoms with Gasteiger partial charge in [-0.15, -0.1) is 0 Å². The van der Waals surface area contributed by atoms with Crippen LogP contribution in [-0.4, -0.2) is 36.3 Å². The van der Waals surface area contributed by atoms with E-state index in [1.165, 1.54) is 16.4 Å². The van der Waals surface area contributed by atoms with Crippen molar-refractivity contribution in [2.75, 3.05) is 18.4 Å². The highest BCUT2D eigenvalue weighted by Gasteiger charge is 2.39. The molecule has 2 aliphatic heterocycles. The quantitative estimate of drug-likeness (QED) is 0.525. The SMILES string of the molecule is CCc1cccc(CC)c1NC(=O)c1cc(S(=O)(=O)N2CC3CC(C2)c2cccc(=O)n2C3)ccc1F. The van der Waals surface area contributed by atoms with E-state index in [2.05, 4.69) is 5.32 Å². The van der Waals surface area contributed by atoms with Crippen LogP contribution in [-0.2, 0) is 29.4 Å². The molecule has 0 saturated carbocycles. The maximum absolute atomic E-state index is 14.8. The molecule has 194 valence electrons. The number of pyridine rings is 1. The number of hydrogen-bond acceptors (Lipinski definition) is 4. The van der Waals surface area contributed by atoms with Crippen LogP contribution < -0.4 is 10.9 Å². The van der Waals surface area contributed by atoms with Gasteiger partial charge in [-0.25, -0.2) is 12.8 Å². The van der Waals surface area contributed by atoms with E-state index in [0.717, 1.165) is 35.4 Å². The van der Waals surface area contributed by atoms with Crippen molar-refractivity contribution in [1.82, 2.24) is 8.87 Å². The summed E-state index contributed by atoms with van der Waals surface area (Å²) < 4.78 is 45.2. The van der Waals surface area contributed by atoms with Gasteiger partial charge in [0.15, 0.2) is 0 Å². The van der Waals surface area contributed by atoms with E-state index in [0.29, 0.717) is 25.1 Å². The molecule has 1 saturated heterocycles. The summed E-state index contributed by atoms with van der Waals surface area (Å²) in [5.74, 6) is -1.57. The largest absolute Gasteiger partial charge is 0.321 e. The van der Waals surface area contributed by atoms with Gasteiger partial charge in [-0.2, -0.15) is 4.31 Å². The summed E-state index contributed by atoms with van der Waals surface area (Å²) in [7, 11) is -3.99. The molecule has 2 atom stereocenters. The fourth-order valence-electron chi connectivity index (χ4n) is 5.62. The Labute approximate surface area is 216 Å². The Bertz CT molecular complexity index is 1510. The number of fused-ring (bicyclic) bond motifs is 4. The lowest BCUT2D eigenvalue weighted by molar-refractivity contribution is 0.102. The number of aromatic nitrogens is 1. The molecule has 0 aliphatic carbocycles. The Kier molecular flexibility index (Phi) is 6.76. The highest BCUT2D eigenvalue weighted by Crippen LogP contribution is 2.37. The number of carbonyl (C=O) groups excluding carboxylic acids is 1. The van der Waals surface area contributed by atoms with Crippen molar-refractivity contribution >= 4 is 21.6 Å². The zero-order valence-corrected chi connectivity index (χ0v) is 21.7. The number of nitrogens with one attached hydrogen (secondary N) is 1. The maximum Gasteiger partial charge on any atom is 0.258 e. The molecule has 5 rings (SSSR count). The number of anilines is 1. The summed E-state index contributed by atoms with van der Waals surface area (Å²) in [5, 5.41) is 2.83. The van der Waals surface area contributed by atoms with Gasteiger partial charge in [0.2, 0.25) is 10.0 Å². The highest BCUT2D eigenvalue weighted by molar-refractivity contribution is 7.89. The van der Waals surface area contributed by atoms with Gasteiger partial charge >= 0.3 is 0 Å². The third-order valence-electron chi connectivity index (χ3n) is 7.50. The van der Waals surface area contributed by atoms with E-state index in [-0.39, 0.29) is 40.9 Å². The molecular weight excluding hydrogens is 493 g/mol. The minimum Gasteiger partial charge on any atom is -0.321 e. The monoisotopic (exact) mass is 523 g/mol. The average Bonchev–Trinajstić information content (AvgIpc) is 2.89. The van der Waals surface area contributed by atoms with Gasteiger partial charge in [0, 0.05) is 43.0 Å². The summed E-state index contributed by atoms with van der Waals surface area (Å²) in [4.78, 5) is 25.3. The maximum atomic E-state index is 14.8. The lowest BCUT2D eigenvalue weighted by atomic mass is 9.84. The standard InChI is InChI=1S/C28H30FN3O4S/c1-3-19-7-5-8-20(4-2)27(19)30-28(34)23-14-22(11-12-24(23)29)37(35,36)31-15-18-13-21(17-31)25-9-6-10-26(33)32(25)16-18/h5-12,14,18,21H,3-4,13,15-17H2,1-2H3,(H,30,34). The number of benzene rings is 2. The van der Waals surface area contributed by atoms with Crippen LogP contribution >= 0.6 is 0 Å². The number of sulfonamides is 1. The minimum absolute atomic E-state index is 0.00218. The van der Waals surface area contributed by atoms with Crippen molar-refractivity contribution in [2.45, 2.75) is 50.5 Å². The van der Waals surface area contributed by atoms with Gasteiger partial charge in [-0.3, -0.25) is 9.59 Å². The molecule has 3 heterocycles. The van der Waals surface area contributed by atoms with E-state index in [1.807, 2.05) is 38.1 Å². The first-order valence-electron chi connectivity index (χ1n) is 12.6. The van der Waals surface area contributed by atoms with Crippen molar-refractivity contribution in [3.63, 3.8) is 0 Å². The van der Waals surface area contributed by atoms with E-state index in [1.54, 1.807) is 10.6 Å². The van der Waals surface area contributed by atoms with Gasteiger partial charge < -0.3 is 9.88 Å². The second kappa shape index (κ2) is 9.87. The number of halogens is 1. The van der Waals surface area contributed by atoms with Crippen LogP contribution in [0.1, 0.15) is 53.4 Å². The van der Waals surface area contributed by atoms with Crippen molar-refractivity contribution in [1.29, 1.82) is 0 Å². The van der Waals surface area contributed by atoms with Crippen molar-refractivity contribution < 1.29 is 17.6 Å². The van der Waals surface area contributed by atoms with Gasteiger partial charge in [-0.1, -0.05) is 38.1 Å². The predicted octanol–water partition coefficient (Wildman–Crippen LogP) is 4.17. The zero-order valence-electron chi connectivity index (χ0n) is 20.9. The summed E-state index contributed by atoms with van der Waals surface area (Å²) >= 11 is 0. The van der Waals surface area contributed by atoms with Crippen LogP contribution in [0.25, 0.3) is 0 Å². The molecule has 3 aromatic rings. The lowest BCUT2D eigenvalue weighted by Gasteiger charge is -2.42. The summed E-state index contributed by atoms with van der Waals surface area (Å²) in [6.07, 6.45) is 2.18. The Morgan fingerprint density at radius 1 is 1.00 bits per heavy atom. The first kappa shape index (κ1) is 25.4. The van der Waals surface area contributed by atoms with E-state index in [9.17, 15) is 22.4 Å². The third kappa shape index (κ3) is 4.62. The van der Waals surface area contributed by atoms with Crippen LogP contribution in [0.3, 0.4) is 0 Å². The van der Waals surface area contributed by atoms with Crippen LogP contribution in [0, 0.1) is 11.7 Å². The molecule has 9 heteroatoms. The molecule has 2 aromatic carbocycles. The van der Waals surface area contributed by atoms with E-state index < -0.39 is 21.7 Å². The molecule has 1 amide bonds. The lowest BCUT2D eigenvalue weighted by Crippen LogP contribution is -2.49. The van der Waals surface area contributed by atoms with Crippen molar-refractivity contribution in [3.05, 3.63) is 93.2 Å². The number of carbonyl (C=O) groups is 1. The molecule has 1 N–H and O–H groups in total. The molecule has 2 aliphatic rings. The second-order valence-corrected chi connectivity index (χ2v) is 11.7. The average molecular weight is 524 g/mol. The fraction of sp³-hybridized carbons (Fsp3) is 0.357. The first-order valence-corrected chi connectivity index (χ1v) is 14.1.